The van der Waals surface area contributed by atoms with Crippen LogP contribution in [-0.4, -0.2) is 27.8 Å². The smallest absolute Gasteiger partial charge is 0.125 e. The number of hydrogen-bond donors (Lipinski definition) is 1. The Hall–Kier alpha value is -1.22. The quantitative estimate of drug-likeness (QED) is 0.756. The Morgan fingerprint density at radius 1 is 1.06 bits per heavy atom. The maximum Gasteiger partial charge on any atom is 0.125 e. The van der Waals surface area contributed by atoms with Crippen molar-refractivity contribution >= 4 is 0 Å². The number of rotatable bonds is 7. The van der Waals surface area contributed by atoms with Crippen LogP contribution in [0.1, 0.15) is 29.5 Å². The number of unbranched alkanes of at least 4 members (excludes halogenated alkanes) is 1. The molecule has 0 radical (unpaired) electrons. The molecule has 0 saturated heterocycles. The largest absolute Gasteiger partial charge is 0.496 e. The number of aryl methyl sites for hydroxylation is 1. The summed E-state index contributed by atoms with van der Waals surface area (Å²) in [7, 11) is 5.45. The fraction of sp³-hybridized carbons (Fsp3) is 0.600. The monoisotopic (exact) mass is 251 g/mol. The lowest BCUT2D eigenvalue weighted by Gasteiger charge is -2.16. The van der Waals surface area contributed by atoms with Gasteiger partial charge < -0.3 is 14.8 Å². The van der Waals surface area contributed by atoms with E-state index >= 15 is 0 Å². The molecule has 0 aliphatic rings. The first-order valence-electron chi connectivity index (χ1n) is 6.51. The Morgan fingerprint density at radius 3 is 2.33 bits per heavy atom. The van der Waals surface area contributed by atoms with Gasteiger partial charge in [-0.25, -0.2) is 0 Å². The Bertz CT molecular complexity index is 389. The molecule has 1 N–H and O–H groups in total. The third-order valence-corrected chi connectivity index (χ3v) is 3.42. The zero-order valence-corrected chi connectivity index (χ0v) is 12.2. The van der Waals surface area contributed by atoms with Crippen LogP contribution < -0.4 is 14.8 Å². The highest BCUT2D eigenvalue weighted by molar-refractivity contribution is 5.52. The van der Waals surface area contributed by atoms with Gasteiger partial charge in [0.15, 0.2) is 0 Å². The number of nitrogens with one attached hydrogen (secondary N) is 1. The zero-order valence-electron chi connectivity index (χ0n) is 12.2. The maximum atomic E-state index is 5.54. The maximum absolute atomic E-state index is 5.54. The number of benzene rings is 1. The Kier molecular flexibility index (Phi) is 5.99. The molecule has 0 heterocycles. The highest BCUT2D eigenvalue weighted by Gasteiger charge is 2.13. The SMILES string of the molecule is CNCCCCc1cc(OC)c(C)c(C)c1OC. The van der Waals surface area contributed by atoms with E-state index < -0.39 is 0 Å². The van der Waals surface area contributed by atoms with Gasteiger partial charge in [-0.1, -0.05) is 0 Å². The minimum atomic E-state index is 0.955. The van der Waals surface area contributed by atoms with Gasteiger partial charge in [-0.15, -0.1) is 0 Å². The van der Waals surface area contributed by atoms with Gasteiger partial charge in [-0.3, -0.25) is 0 Å². The summed E-state index contributed by atoms with van der Waals surface area (Å²) in [5.41, 5.74) is 3.59. The van der Waals surface area contributed by atoms with Crippen molar-refractivity contribution in [1.29, 1.82) is 0 Å². The second-order valence-corrected chi connectivity index (χ2v) is 4.58. The highest BCUT2D eigenvalue weighted by atomic mass is 16.5. The van der Waals surface area contributed by atoms with E-state index in [9.17, 15) is 0 Å². The van der Waals surface area contributed by atoms with Crippen LogP contribution >= 0.6 is 0 Å². The summed E-state index contributed by atoms with van der Waals surface area (Å²) in [6.45, 7) is 5.22. The molecule has 1 aromatic carbocycles. The summed E-state index contributed by atoms with van der Waals surface area (Å²) in [5.74, 6) is 1.97. The van der Waals surface area contributed by atoms with Crippen molar-refractivity contribution < 1.29 is 9.47 Å². The predicted molar refractivity (Wildman–Crippen MR) is 75.9 cm³/mol. The van der Waals surface area contributed by atoms with Crippen molar-refractivity contribution in [2.75, 3.05) is 27.8 Å². The van der Waals surface area contributed by atoms with E-state index in [0.29, 0.717) is 0 Å². The molecule has 3 heteroatoms. The third-order valence-electron chi connectivity index (χ3n) is 3.42. The van der Waals surface area contributed by atoms with Crippen molar-refractivity contribution in [3.8, 4) is 11.5 Å². The van der Waals surface area contributed by atoms with Crippen molar-refractivity contribution in [3.05, 3.63) is 22.8 Å². The lowest BCUT2D eigenvalue weighted by Crippen LogP contribution is -2.08. The fourth-order valence-corrected chi connectivity index (χ4v) is 2.23. The second kappa shape index (κ2) is 7.27. The van der Waals surface area contributed by atoms with Gasteiger partial charge in [-0.05, 0) is 69.5 Å². The van der Waals surface area contributed by atoms with E-state index in [1.165, 1.54) is 17.5 Å². The fourth-order valence-electron chi connectivity index (χ4n) is 2.23. The molecule has 0 fully saturated rings. The van der Waals surface area contributed by atoms with Gasteiger partial charge in [-0.2, -0.15) is 0 Å². The van der Waals surface area contributed by atoms with Gasteiger partial charge in [0.25, 0.3) is 0 Å². The van der Waals surface area contributed by atoms with Gasteiger partial charge in [0, 0.05) is 0 Å². The van der Waals surface area contributed by atoms with Crippen LogP contribution in [-0.2, 0) is 6.42 Å². The normalized spacial score (nSPS) is 10.5. The highest BCUT2D eigenvalue weighted by Crippen LogP contribution is 2.34. The van der Waals surface area contributed by atoms with E-state index in [1.807, 2.05) is 7.05 Å². The van der Waals surface area contributed by atoms with E-state index in [0.717, 1.165) is 36.4 Å². The summed E-state index contributed by atoms with van der Waals surface area (Å²) in [6, 6.07) is 2.11. The summed E-state index contributed by atoms with van der Waals surface area (Å²) < 4.78 is 11.0. The molecule has 3 nitrogen and oxygen atoms in total. The van der Waals surface area contributed by atoms with E-state index in [-0.39, 0.29) is 0 Å². The molecule has 0 unspecified atom stereocenters. The van der Waals surface area contributed by atoms with Crippen LogP contribution in [0.5, 0.6) is 11.5 Å². The predicted octanol–water partition coefficient (Wildman–Crippen LogP) is 2.86. The van der Waals surface area contributed by atoms with Crippen LogP contribution in [0.2, 0.25) is 0 Å². The Morgan fingerprint density at radius 2 is 1.78 bits per heavy atom. The molecule has 102 valence electrons. The number of hydrogen-bond acceptors (Lipinski definition) is 3. The molecular weight excluding hydrogens is 226 g/mol. The summed E-state index contributed by atoms with van der Waals surface area (Å²) in [5, 5.41) is 3.17. The molecule has 0 spiro atoms. The molecule has 0 saturated carbocycles. The third kappa shape index (κ3) is 3.39. The van der Waals surface area contributed by atoms with Crippen molar-refractivity contribution in [2.24, 2.45) is 0 Å². The first-order chi connectivity index (χ1) is 8.65. The average Bonchev–Trinajstić information content (AvgIpc) is 2.38. The van der Waals surface area contributed by atoms with E-state index in [2.05, 4.69) is 25.2 Å². The molecule has 0 aliphatic heterocycles. The van der Waals surface area contributed by atoms with Gasteiger partial charge in [0.2, 0.25) is 0 Å². The van der Waals surface area contributed by atoms with Crippen LogP contribution in [0.4, 0.5) is 0 Å². The zero-order chi connectivity index (χ0) is 13.5. The molecule has 18 heavy (non-hydrogen) atoms. The van der Waals surface area contributed by atoms with Crippen LogP contribution in [0.25, 0.3) is 0 Å². The molecular formula is C15H25NO2. The average molecular weight is 251 g/mol. The molecule has 0 amide bonds. The Labute approximate surface area is 110 Å². The van der Waals surface area contributed by atoms with E-state index in [1.54, 1.807) is 14.2 Å². The van der Waals surface area contributed by atoms with Gasteiger partial charge in [0.1, 0.15) is 11.5 Å². The standard InChI is InChI=1S/C15H25NO2/c1-11-12(2)15(18-5)13(10-14(11)17-4)8-6-7-9-16-3/h10,16H,6-9H2,1-5H3. The second-order valence-electron chi connectivity index (χ2n) is 4.58. The van der Waals surface area contributed by atoms with Crippen LogP contribution in [0, 0.1) is 13.8 Å². The molecule has 0 aromatic heterocycles. The summed E-state index contributed by atoms with van der Waals surface area (Å²) in [6.07, 6.45) is 3.36. The topological polar surface area (TPSA) is 30.5 Å². The van der Waals surface area contributed by atoms with Crippen LogP contribution in [0.15, 0.2) is 6.07 Å². The molecule has 0 aliphatic carbocycles. The minimum absolute atomic E-state index is 0.955. The van der Waals surface area contributed by atoms with Gasteiger partial charge >= 0.3 is 0 Å². The van der Waals surface area contributed by atoms with Gasteiger partial charge in [0.05, 0.1) is 14.2 Å². The first-order valence-corrected chi connectivity index (χ1v) is 6.51. The summed E-state index contributed by atoms with van der Waals surface area (Å²) >= 11 is 0. The summed E-state index contributed by atoms with van der Waals surface area (Å²) in [4.78, 5) is 0. The molecule has 0 bridgehead atoms. The molecule has 1 aromatic rings. The minimum Gasteiger partial charge on any atom is -0.496 e. The van der Waals surface area contributed by atoms with Crippen molar-refractivity contribution in [3.63, 3.8) is 0 Å². The molecule has 0 atom stereocenters. The van der Waals surface area contributed by atoms with E-state index in [4.69, 9.17) is 9.47 Å². The first kappa shape index (κ1) is 14.8. The number of ether oxygens (including phenoxy) is 2. The van der Waals surface area contributed by atoms with Crippen molar-refractivity contribution in [2.45, 2.75) is 33.1 Å². The number of methoxy groups -OCH3 is 2. The molecule has 1 rings (SSSR count). The van der Waals surface area contributed by atoms with Crippen molar-refractivity contribution in [1.82, 2.24) is 5.32 Å². The Balaban J connectivity index is 2.91. The van der Waals surface area contributed by atoms with Crippen LogP contribution in [0.3, 0.4) is 0 Å². The lowest BCUT2D eigenvalue weighted by atomic mass is 9.99. The lowest BCUT2D eigenvalue weighted by molar-refractivity contribution is 0.393.